The zero-order valence-electron chi connectivity index (χ0n) is 24.9. The second-order valence-electron chi connectivity index (χ2n) is 12.1. The maximum Gasteiger partial charge on any atom is 0.420 e. The first-order valence-corrected chi connectivity index (χ1v) is 14.0. The summed E-state index contributed by atoms with van der Waals surface area (Å²) in [5.74, 6) is 0.740. The van der Waals surface area contributed by atoms with Crippen molar-refractivity contribution in [3.05, 3.63) is 60.9 Å². The number of anilines is 3. The number of benzene rings is 2. The van der Waals surface area contributed by atoms with Crippen molar-refractivity contribution in [3.63, 3.8) is 0 Å². The topological polar surface area (TPSA) is 115 Å². The quantitative estimate of drug-likeness (QED) is 0.311. The third-order valence-electron chi connectivity index (χ3n) is 6.56. The third-order valence-corrected chi connectivity index (χ3v) is 6.56. The lowest BCUT2D eigenvalue weighted by Crippen LogP contribution is -2.43. The first-order valence-electron chi connectivity index (χ1n) is 14.0. The molecule has 0 aliphatic carbocycles. The van der Waals surface area contributed by atoms with Gasteiger partial charge in [-0.15, -0.1) is 0 Å². The number of ether oxygens (including phenoxy) is 2. The average molecular weight is 572 g/mol. The van der Waals surface area contributed by atoms with Crippen molar-refractivity contribution in [2.24, 2.45) is 0 Å². The number of rotatable bonds is 4. The van der Waals surface area contributed by atoms with Gasteiger partial charge in [-0.25, -0.2) is 24.5 Å². The van der Waals surface area contributed by atoms with E-state index in [4.69, 9.17) is 14.5 Å². The number of aromatic nitrogens is 4. The van der Waals surface area contributed by atoms with E-state index in [1.165, 1.54) is 4.90 Å². The van der Waals surface area contributed by atoms with Gasteiger partial charge in [0.2, 0.25) is 0 Å². The molecule has 1 N–H and O–H groups in total. The molecule has 42 heavy (non-hydrogen) atoms. The fraction of sp³-hybridized carbons (Fsp3) is 0.387. The number of amides is 3. The molecule has 11 heteroatoms. The molecule has 1 aliphatic rings. The molecule has 5 rings (SSSR count). The van der Waals surface area contributed by atoms with Gasteiger partial charge in [0.15, 0.2) is 5.82 Å². The van der Waals surface area contributed by atoms with Gasteiger partial charge in [0.1, 0.15) is 11.4 Å². The van der Waals surface area contributed by atoms with Crippen LogP contribution in [0, 0.1) is 0 Å². The highest BCUT2D eigenvalue weighted by Gasteiger charge is 2.27. The van der Waals surface area contributed by atoms with Crippen LogP contribution in [0.1, 0.15) is 41.5 Å². The van der Waals surface area contributed by atoms with Crippen molar-refractivity contribution < 1.29 is 19.1 Å². The van der Waals surface area contributed by atoms with Crippen LogP contribution < -0.4 is 10.2 Å². The number of carbonyl (C=O) groups is 2. The lowest BCUT2D eigenvalue weighted by Gasteiger charge is -2.27. The van der Waals surface area contributed by atoms with Gasteiger partial charge in [0.25, 0.3) is 0 Å². The van der Waals surface area contributed by atoms with E-state index in [1.807, 2.05) is 67.9 Å². The highest BCUT2D eigenvalue weighted by Crippen LogP contribution is 2.32. The van der Waals surface area contributed by atoms with E-state index in [0.717, 1.165) is 10.9 Å². The van der Waals surface area contributed by atoms with Crippen LogP contribution in [0.5, 0.6) is 0 Å². The second-order valence-corrected chi connectivity index (χ2v) is 12.1. The Kier molecular flexibility index (Phi) is 7.87. The summed E-state index contributed by atoms with van der Waals surface area (Å²) in [7, 11) is 0. The number of fused-ring (bicyclic) bond motifs is 1. The van der Waals surface area contributed by atoms with Gasteiger partial charge < -0.3 is 19.7 Å². The van der Waals surface area contributed by atoms with Crippen molar-refractivity contribution in [3.8, 4) is 11.4 Å². The van der Waals surface area contributed by atoms with E-state index < -0.39 is 11.7 Å². The van der Waals surface area contributed by atoms with Crippen LogP contribution in [0.4, 0.5) is 26.8 Å². The molecule has 220 valence electrons. The molecule has 0 saturated carbocycles. The molecule has 0 bridgehead atoms. The van der Waals surface area contributed by atoms with Gasteiger partial charge in [-0.1, -0.05) is 12.1 Å². The molecule has 3 amide bonds. The SMILES string of the molecule is CC(C)(C)OC(=O)N(c1ccc2c(cnn2C(C)(C)C)c1)c1ccnc(-c2cccc(NC(=O)N3CCOCC3)c2)n1. The van der Waals surface area contributed by atoms with E-state index >= 15 is 0 Å². The van der Waals surface area contributed by atoms with E-state index in [0.29, 0.717) is 54.9 Å². The number of hydrogen-bond acceptors (Lipinski definition) is 7. The van der Waals surface area contributed by atoms with E-state index in [1.54, 1.807) is 23.4 Å². The highest BCUT2D eigenvalue weighted by atomic mass is 16.6. The van der Waals surface area contributed by atoms with Crippen molar-refractivity contribution in [1.82, 2.24) is 24.6 Å². The number of nitrogens with one attached hydrogen (secondary N) is 1. The van der Waals surface area contributed by atoms with Crippen LogP contribution in [-0.4, -0.2) is 68.7 Å². The van der Waals surface area contributed by atoms with Crippen LogP contribution in [-0.2, 0) is 15.0 Å². The summed E-state index contributed by atoms with van der Waals surface area (Å²) in [6, 6.07) is 14.5. The number of morpholine rings is 1. The smallest absolute Gasteiger partial charge is 0.420 e. The second kappa shape index (κ2) is 11.4. The fourth-order valence-corrected chi connectivity index (χ4v) is 4.65. The lowest BCUT2D eigenvalue weighted by molar-refractivity contribution is 0.0564. The summed E-state index contributed by atoms with van der Waals surface area (Å²) < 4.78 is 13.1. The molecule has 2 aromatic heterocycles. The van der Waals surface area contributed by atoms with Crippen LogP contribution in [0.15, 0.2) is 60.9 Å². The molecule has 1 fully saturated rings. The molecule has 0 atom stereocenters. The zero-order valence-corrected chi connectivity index (χ0v) is 24.9. The minimum absolute atomic E-state index is 0.189. The number of nitrogens with zero attached hydrogens (tertiary/aromatic N) is 6. The highest BCUT2D eigenvalue weighted by molar-refractivity contribution is 5.98. The molecule has 1 saturated heterocycles. The van der Waals surface area contributed by atoms with Crippen LogP contribution >= 0.6 is 0 Å². The summed E-state index contributed by atoms with van der Waals surface area (Å²) in [6.45, 7) is 13.9. The summed E-state index contributed by atoms with van der Waals surface area (Å²) in [5.41, 5.74) is 1.91. The van der Waals surface area contributed by atoms with Gasteiger partial charge in [0.05, 0.1) is 36.2 Å². The molecule has 11 nitrogen and oxygen atoms in total. The first-order chi connectivity index (χ1) is 19.9. The third kappa shape index (κ3) is 6.52. The molecular weight excluding hydrogens is 534 g/mol. The van der Waals surface area contributed by atoms with E-state index in [9.17, 15) is 9.59 Å². The fourth-order valence-electron chi connectivity index (χ4n) is 4.65. The molecule has 4 aromatic rings. The average Bonchev–Trinajstić information content (AvgIpc) is 3.37. The predicted octanol–water partition coefficient (Wildman–Crippen LogP) is 6.19. The molecule has 0 radical (unpaired) electrons. The summed E-state index contributed by atoms with van der Waals surface area (Å²) in [4.78, 5) is 38.7. The first kappa shape index (κ1) is 29.0. The molecule has 1 aliphatic heterocycles. The lowest BCUT2D eigenvalue weighted by atomic mass is 10.1. The van der Waals surface area contributed by atoms with Crippen molar-refractivity contribution in [1.29, 1.82) is 0 Å². The maximum atomic E-state index is 13.6. The number of carbonyl (C=O) groups excluding carboxylic acids is 2. The Morgan fingerprint density at radius 3 is 2.48 bits per heavy atom. The number of hydrogen-bond donors (Lipinski definition) is 1. The van der Waals surface area contributed by atoms with Crippen molar-refractivity contribution in [2.75, 3.05) is 36.5 Å². The Balaban J connectivity index is 1.49. The van der Waals surface area contributed by atoms with Gasteiger partial charge in [-0.2, -0.15) is 5.10 Å². The predicted molar refractivity (Wildman–Crippen MR) is 162 cm³/mol. The Morgan fingerprint density at radius 2 is 1.76 bits per heavy atom. The molecular formula is C31H37N7O4. The Hall–Kier alpha value is -4.51. The summed E-state index contributed by atoms with van der Waals surface area (Å²) in [5, 5.41) is 8.40. The molecule has 3 heterocycles. The monoisotopic (exact) mass is 571 g/mol. The minimum Gasteiger partial charge on any atom is -0.443 e. The van der Waals surface area contributed by atoms with Crippen molar-refractivity contribution >= 4 is 40.2 Å². The normalized spacial score (nSPS) is 14.1. The Labute approximate surface area is 245 Å². The van der Waals surface area contributed by atoms with E-state index in [2.05, 4.69) is 36.2 Å². The standard InChI is InChI=1S/C31H37N7O4/c1-30(2,3)38-25-11-10-24(19-22(25)20-33-38)37(29(40)42-31(4,5)6)26-12-13-32-27(35-26)21-8-7-9-23(18-21)34-28(39)36-14-16-41-17-15-36/h7-13,18-20H,14-17H2,1-6H3,(H,34,39). The Morgan fingerprint density at radius 1 is 1.00 bits per heavy atom. The summed E-state index contributed by atoms with van der Waals surface area (Å²) in [6.07, 6.45) is 2.82. The van der Waals surface area contributed by atoms with Gasteiger partial charge in [-0.05, 0) is 77.9 Å². The largest absolute Gasteiger partial charge is 0.443 e. The van der Waals surface area contributed by atoms with E-state index in [-0.39, 0.29) is 11.6 Å². The van der Waals surface area contributed by atoms with Crippen molar-refractivity contribution in [2.45, 2.75) is 52.7 Å². The van der Waals surface area contributed by atoms with Crippen LogP contribution in [0.2, 0.25) is 0 Å². The van der Waals surface area contributed by atoms with Crippen LogP contribution in [0.3, 0.4) is 0 Å². The zero-order chi connectivity index (χ0) is 30.1. The minimum atomic E-state index is -0.723. The van der Waals surface area contributed by atoms with Gasteiger partial charge in [0, 0.05) is 35.9 Å². The molecule has 0 unspecified atom stereocenters. The molecule has 0 spiro atoms. The Bertz CT molecular complexity index is 1600. The number of urea groups is 1. The maximum absolute atomic E-state index is 13.6. The van der Waals surface area contributed by atoms with Gasteiger partial charge >= 0.3 is 12.1 Å². The molecule has 2 aromatic carbocycles. The van der Waals surface area contributed by atoms with Crippen LogP contribution in [0.25, 0.3) is 22.3 Å². The summed E-state index contributed by atoms with van der Waals surface area (Å²) >= 11 is 0. The van der Waals surface area contributed by atoms with Gasteiger partial charge in [-0.3, -0.25) is 4.68 Å².